The van der Waals surface area contributed by atoms with Crippen LogP contribution in [0.4, 0.5) is 5.69 Å². The van der Waals surface area contributed by atoms with Gasteiger partial charge in [0.25, 0.3) is 15.8 Å². The fourth-order valence-electron chi connectivity index (χ4n) is 0.981. The lowest BCUT2D eigenvalue weighted by Crippen LogP contribution is -2.08. The van der Waals surface area contributed by atoms with Crippen LogP contribution in [0.2, 0.25) is 0 Å². The predicted molar refractivity (Wildman–Crippen MR) is 61.0 cm³/mol. The van der Waals surface area contributed by atoms with Crippen molar-refractivity contribution in [1.82, 2.24) is 0 Å². The predicted octanol–water partition coefficient (Wildman–Crippen LogP) is 1.88. The molecule has 0 radical (unpaired) electrons. The van der Waals surface area contributed by atoms with Crippen LogP contribution in [0.15, 0.2) is 41.3 Å². The van der Waals surface area contributed by atoms with Crippen molar-refractivity contribution < 1.29 is 17.5 Å². The Hall–Kier alpha value is -1.73. The molecule has 0 bridgehead atoms. The minimum absolute atomic E-state index is 0.112. The number of hydrogen-bond donors (Lipinski definition) is 0. The third-order valence-electron chi connectivity index (χ3n) is 1.80. The normalized spacial score (nSPS) is 11.1. The smallest absolute Gasteiger partial charge is 0.262 e. The first kappa shape index (κ1) is 13.3. The van der Waals surface area contributed by atoms with Gasteiger partial charge in [-0.15, -0.1) is 0 Å². The summed E-state index contributed by atoms with van der Waals surface area (Å²) in [6.45, 7) is 5.03. The zero-order valence-corrected chi connectivity index (χ0v) is 9.94. The highest BCUT2D eigenvalue weighted by atomic mass is 32.2. The zero-order chi connectivity index (χ0) is 13.1. The number of nitrogens with zero attached hydrogens (tertiary/aromatic N) is 1. The highest BCUT2D eigenvalue weighted by Gasteiger charge is 2.16. The van der Waals surface area contributed by atoms with E-state index >= 15 is 0 Å². The molecular formula is C10H11NO5S. The highest BCUT2D eigenvalue weighted by Crippen LogP contribution is 2.17. The summed E-state index contributed by atoms with van der Waals surface area (Å²) >= 11 is 0. The molecule has 7 heteroatoms. The number of rotatable bonds is 5. The second-order valence-corrected chi connectivity index (χ2v) is 5.04. The molecule has 0 N–H and O–H groups in total. The molecule has 0 atom stereocenters. The number of nitro benzene ring substituents is 1. The molecule has 1 aromatic rings. The van der Waals surface area contributed by atoms with Crippen molar-refractivity contribution in [3.63, 3.8) is 0 Å². The summed E-state index contributed by atoms with van der Waals surface area (Å²) in [6, 6.07) is 4.48. The van der Waals surface area contributed by atoms with Crippen LogP contribution in [-0.4, -0.2) is 19.9 Å². The average Bonchev–Trinajstić information content (AvgIpc) is 2.27. The van der Waals surface area contributed by atoms with E-state index in [0.29, 0.717) is 5.57 Å². The van der Waals surface area contributed by atoms with Crippen molar-refractivity contribution in [3.8, 4) is 0 Å². The molecular weight excluding hydrogens is 246 g/mol. The van der Waals surface area contributed by atoms with E-state index in [1.807, 2.05) is 0 Å². The molecule has 17 heavy (non-hydrogen) atoms. The van der Waals surface area contributed by atoms with Crippen molar-refractivity contribution in [2.45, 2.75) is 11.8 Å². The Morgan fingerprint density at radius 3 is 2.35 bits per heavy atom. The molecule has 0 aliphatic rings. The zero-order valence-electron chi connectivity index (χ0n) is 9.12. The topological polar surface area (TPSA) is 86.5 Å². The summed E-state index contributed by atoms with van der Waals surface area (Å²) in [6.07, 6.45) is 0. The minimum Gasteiger partial charge on any atom is -0.262 e. The Morgan fingerprint density at radius 2 is 1.94 bits per heavy atom. The maximum absolute atomic E-state index is 11.6. The van der Waals surface area contributed by atoms with Gasteiger partial charge >= 0.3 is 0 Å². The summed E-state index contributed by atoms with van der Waals surface area (Å²) in [4.78, 5) is 9.66. The van der Waals surface area contributed by atoms with Crippen LogP contribution in [0.5, 0.6) is 0 Å². The third-order valence-corrected chi connectivity index (χ3v) is 3.07. The maximum Gasteiger partial charge on any atom is 0.297 e. The van der Waals surface area contributed by atoms with Crippen molar-refractivity contribution in [2.75, 3.05) is 6.61 Å². The third kappa shape index (κ3) is 3.65. The Kier molecular flexibility index (Phi) is 3.97. The van der Waals surface area contributed by atoms with Gasteiger partial charge in [-0.05, 0) is 19.1 Å². The Bertz CT molecular complexity index is 532. The van der Waals surface area contributed by atoms with Crippen molar-refractivity contribution in [3.05, 3.63) is 46.5 Å². The lowest BCUT2D eigenvalue weighted by molar-refractivity contribution is -0.384. The Morgan fingerprint density at radius 1 is 1.41 bits per heavy atom. The van der Waals surface area contributed by atoms with Gasteiger partial charge in [-0.1, -0.05) is 12.2 Å². The highest BCUT2D eigenvalue weighted by molar-refractivity contribution is 7.86. The minimum atomic E-state index is -3.88. The lowest BCUT2D eigenvalue weighted by Gasteiger charge is -2.04. The van der Waals surface area contributed by atoms with E-state index < -0.39 is 15.0 Å². The molecule has 92 valence electrons. The molecule has 6 nitrogen and oxygen atoms in total. The average molecular weight is 257 g/mol. The number of hydrogen-bond acceptors (Lipinski definition) is 5. The maximum atomic E-state index is 11.6. The van der Waals surface area contributed by atoms with Gasteiger partial charge < -0.3 is 0 Å². The van der Waals surface area contributed by atoms with Gasteiger partial charge in [0.1, 0.15) is 0 Å². The molecule has 0 heterocycles. The van der Waals surface area contributed by atoms with E-state index in [9.17, 15) is 18.5 Å². The van der Waals surface area contributed by atoms with Gasteiger partial charge in [0, 0.05) is 12.1 Å². The van der Waals surface area contributed by atoms with E-state index in [2.05, 4.69) is 10.8 Å². The Labute approximate surface area is 98.8 Å². The SMILES string of the molecule is C=C(C)COS(=O)(=O)c1ccc([N+](=O)[O-])cc1. The van der Waals surface area contributed by atoms with Crippen molar-refractivity contribution >= 4 is 15.8 Å². The molecule has 1 aromatic carbocycles. The molecule has 0 amide bonds. The fourth-order valence-corrected chi connectivity index (χ4v) is 1.94. The monoisotopic (exact) mass is 257 g/mol. The van der Waals surface area contributed by atoms with Gasteiger partial charge in [0.2, 0.25) is 0 Å². The van der Waals surface area contributed by atoms with Crippen LogP contribution in [0.3, 0.4) is 0 Å². The van der Waals surface area contributed by atoms with E-state index in [1.54, 1.807) is 6.92 Å². The molecule has 0 fully saturated rings. The fraction of sp³-hybridized carbons (Fsp3) is 0.200. The van der Waals surface area contributed by atoms with Crippen LogP contribution in [0.1, 0.15) is 6.92 Å². The standard InChI is InChI=1S/C10H11NO5S/c1-8(2)7-16-17(14,15)10-5-3-9(4-6-10)11(12)13/h3-6H,1,7H2,2H3. The van der Waals surface area contributed by atoms with Crippen molar-refractivity contribution in [2.24, 2.45) is 0 Å². The summed E-state index contributed by atoms with van der Waals surface area (Å²) < 4.78 is 27.8. The lowest BCUT2D eigenvalue weighted by atomic mass is 10.3. The summed E-state index contributed by atoms with van der Waals surface area (Å²) in [5.41, 5.74) is 0.388. The second-order valence-electron chi connectivity index (χ2n) is 3.42. The van der Waals surface area contributed by atoms with E-state index in [1.165, 1.54) is 0 Å². The number of benzene rings is 1. The molecule has 0 saturated heterocycles. The number of nitro groups is 1. The van der Waals surface area contributed by atoms with Gasteiger partial charge in [-0.2, -0.15) is 8.42 Å². The molecule has 0 unspecified atom stereocenters. The first-order valence-electron chi connectivity index (χ1n) is 4.61. The van der Waals surface area contributed by atoms with Crippen LogP contribution in [-0.2, 0) is 14.3 Å². The van der Waals surface area contributed by atoms with Gasteiger partial charge in [0.15, 0.2) is 0 Å². The van der Waals surface area contributed by atoms with Crippen LogP contribution >= 0.6 is 0 Å². The van der Waals surface area contributed by atoms with Gasteiger partial charge in [-0.25, -0.2) is 0 Å². The summed E-state index contributed by atoms with van der Waals surface area (Å²) in [5, 5.41) is 10.4. The quantitative estimate of drug-likeness (QED) is 0.348. The molecule has 0 aliphatic heterocycles. The van der Waals surface area contributed by atoms with Crippen LogP contribution in [0, 0.1) is 10.1 Å². The molecule has 0 saturated carbocycles. The summed E-state index contributed by atoms with van der Waals surface area (Å²) in [7, 11) is -3.88. The van der Waals surface area contributed by atoms with E-state index in [0.717, 1.165) is 24.3 Å². The molecule has 0 spiro atoms. The first-order chi connectivity index (χ1) is 7.83. The van der Waals surface area contributed by atoms with Gasteiger partial charge in [0.05, 0.1) is 16.4 Å². The second kappa shape index (κ2) is 5.07. The van der Waals surface area contributed by atoms with E-state index in [-0.39, 0.29) is 17.2 Å². The van der Waals surface area contributed by atoms with Crippen LogP contribution < -0.4 is 0 Å². The van der Waals surface area contributed by atoms with E-state index in [4.69, 9.17) is 0 Å². The van der Waals surface area contributed by atoms with Gasteiger partial charge in [-0.3, -0.25) is 14.3 Å². The summed E-state index contributed by atoms with van der Waals surface area (Å²) in [5.74, 6) is 0. The Balaban J connectivity index is 2.92. The van der Waals surface area contributed by atoms with Crippen molar-refractivity contribution in [1.29, 1.82) is 0 Å². The molecule has 0 aromatic heterocycles. The molecule has 0 aliphatic carbocycles. The number of non-ortho nitro benzene ring substituents is 1. The largest absolute Gasteiger partial charge is 0.297 e. The van der Waals surface area contributed by atoms with Crippen LogP contribution in [0.25, 0.3) is 0 Å². The first-order valence-corrected chi connectivity index (χ1v) is 6.02. The molecule has 1 rings (SSSR count).